The van der Waals surface area contributed by atoms with Gasteiger partial charge in [-0.1, -0.05) is 23.7 Å². The van der Waals surface area contributed by atoms with E-state index in [1.807, 2.05) is 37.6 Å². The Morgan fingerprint density at radius 3 is 2.91 bits per heavy atom. The fourth-order valence-corrected chi connectivity index (χ4v) is 3.04. The lowest BCUT2D eigenvalue weighted by molar-refractivity contribution is 0.00744. The molecule has 0 bridgehead atoms. The minimum absolute atomic E-state index is 0.328. The van der Waals surface area contributed by atoms with Crippen molar-refractivity contribution in [2.24, 2.45) is 7.05 Å². The van der Waals surface area contributed by atoms with Gasteiger partial charge in [-0.15, -0.1) is 0 Å². The van der Waals surface area contributed by atoms with Gasteiger partial charge >= 0.3 is 0 Å². The Kier molecular flexibility index (Phi) is 5.33. The lowest BCUT2D eigenvalue weighted by Crippen LogP contribution is -2.38. The number of nitrogens with zero attached hydrogens (tertiary/aromatic N) is 3. The first-order valence-electron chi connectivity index (χ1n) is 7.83. The first-order chi connectivity index (χ1) is 11.1. The van der Waals surface area contributed by atoms with Gasteiger partial charge in [0.15, 0.2) is 0 Å². The van der Waals surface area contributed by atoms with Gasteiger partial charge in [0.1, 0.15) is 0 Å². The normalized spacial score (nSPS) is 16.3. The maximum atomic E-state index is 10.2. The zero-order valence-corrected chi connectivity index (χ0v) is 14.0. The standard InChI is InChI=1S/C17H22ClN3O2/c1-20-12-19-16-9-21(7-6-17(16)20)8-15(22)11-23-10-13-2-4-14(18)5-3-13/h2-5,12,15,22H,6-11H2,1H3. The van der Waals surface area contributed by atoms with E-state index >= 15 is 0 Å². The number of rotatable bonds is 6. The minimum Gasteiger partial charge on any atom is -0.389 e. The molecule has 1 aliphatic rings. The molecule has 0 saturated heterocycles. The largest absolute Gasteiger partial charge is 0.389 e. The monoisotopic (exact) mass is 335 g/mol. The molecule has 0 radical (unpaired) electrons. The van der Waals surface area contributed by atoms with Crippen molar-refractivity contribution in [3.05, 3.63) is 52.6 Å². The van der Waals surface area contributed by atoms with Crippen LogP contribution in [0, 0.1) is 0 Å². The van der Waals surface area contributed by atoms with Gasteiger partial charge in [-0.05, 0) is 17.7 Å². The molecular formula is C17H22ClN3O2. The molecule has 0 spiro atoms. The summed E-state index contributed by atoms with van der Waals surface area (Å²) in [5.41, 5.74) is 3.47. The topological polar surface area (TPSA) is 50.5 Å². The van der Waals surface area contributed by atoms with E-state index in [2.05, 4.69) is 14.5 Å². The molecule has 1 aromatic carbocycles. The van der Waals surface area contributed by atoms with Crippen LogP contribution in [0.4, 0.5) is 0 Å². The Morgan fingerprint density at radius 1 is 1.35 bits per heavy atom. The Balaban J connectivity index is 1.41. The lowest BCUT2D eigenvalue weighted by atomic mass is 10.1. The minimum atomic E-state index is -0.493. The second kappa shape index (κ2) is 7.45. The molecule has 2 aromatic rings. The summed E-state index contributed by atoms with van der Waals surface area (Å²) in [5, 5.41) is 10.9. The molecule has 0 saturated carbocycles. The molecule has 1 aliphatic heterocycles. The third-order valence-electron chi connectivity index (χ3n) is 4.15. The maximum Gasteiger partial charge on any atom is 0.0949 e. The zero-order valence-electron chi connectivity index (χ0n) is 13.3. The van der Waals surface area contributed by atoms with Crippen LogP contribution in [0.2, 0.25) is 5.02 Å². The third kappa shape index (κ3) is 4.32. The van der Waals surface area contributed by atoms with Crippen molar-refractivity contribution in [1.29, 1.82) is 0 Å². The van der Waals surface area contributed by atoms with Crippen LogP contribution in [-0.2, 0) is 31.4 Å². The number of halogens is 1. The molecule has 2 heterocycles. The van der Waals surface area contributed by atoms with Gasteiger partial charge in [-0.3, -0.25) is 4.90 Å². The number of β-amino-alcohol motifs (C(OH)–C–C–N with tert-alkyl or cyclic N) is 1. The number of hydrogen-bond acceptors (Lipinski definition) is 4. The van der Waals surface area contributed by atoms with E-state index in [-0.39, 0.29) is 0 Å². The van der Waals surface area contributed by atoms with Crippen molar-refractivity contribution in [2.75, 3.05) is 19.7 Å². The molecule has 1 atom stereocenters. The Morgan fingerprint density at radius 2 is 2.13 bits per heavy atom. The summed E-state index contributed by atoms with van der Waals surface area (Å²) in [4.78, 5) is 6.65. The first-order valence-corrected chi connectivity index (χ1v) is 8.21. The maximum absolute atomic E-state index is 10.2. The van der Waals surface area contributed by atoms with E-state index in [1.165, 1.54) is 5.69 Å². The molecule has 5 nitrogen and oxygen atoms in total. The van der Waals surface area contributed by atoms with Crippen molar-refractivity contribution in [2.45, 2.75) is 25.7 Å². The number of aryl methyl sites for hydroxylation is 1. The summed E-state index contributed by atoms with van der Waals surface area (Å²) in [5.74, 6) is 0. The van der Waals surface area contributed by atoms with Crippen LogP contribution in [0.5, 0.6) is 0 Å². The van der Waals surface area contributed by atoms with Gasteiger partial charge in [-0.2, -0.15) is 0 Å². The van der Waals surface area contributed by atoms with Crippen LogP contribution in [0.25, 0.3) is 0 Å². The highest BCUT2D eigenvalue weighted by molar-refractivity contribution is 6.30. The van der Waals surface area contributed by atoms with E-state index < -0.39 is 6.10 Å². The number of fused-ring (bicyclic) bond motifs is 1. The summed E-state index contributed by atoms with van der Waals surface area (Å²) in [7, 11) is 2.03. The molecule has 0 fully saturated rings. The molecular weight excluding hydrogens is 314 g/mol. The number of aromatic nitrogens is 2. The predicted molar refractivity (Wildman–Crippen MR) is 89.3 cm³/mol. The molecule has 1 unspecified atom stereocenters. The predicted octanol–water partition coefficient (Wildman–Crippen LogP) is 2.01. The van der Waals surface area contributed by atoms with E-state index in [0.717, 1.165) is 30.8 Å². The molecule has 23 heavy (non-hydrogen) atoms. The highest BCUT2D eigenvalue weighted by Crippen LogP contribution is 2.17. The van der Waals surface area contributed by atoms with Gasteiger partial charge in [0.25, 0.3) is 0 Å². The quantitative estimate of drug-likeness (QED) is 0.877. The fourth-order valence-electron chi connectivity index (χ4n) is 2.91. The van der Waals surface area contributed by atoms with E-state index in [4.69, 9.17) is 16.3 Å². The molecule has 0 amide bonds. The van der Waals surface area contributed by atoms with Gasteiger partial charge in [0.2, 0.25) is 0 Å². The number of ether oxygens (including phenoxy) is 1. The first kappa shape index (κ1) is 16.5. The third-order valence-corrected chi connectivity index (χ3v) is 4.40. The molecule has 1 N–H and O–H groups in total. The summed E-state index contributed by atoms with van der Waals surface area (Å²) < 4.78 is 7.68. The van der Waals surface area contributed by atoms with E-state index in [1.54, 1.807) is 0 Å². The Hall–Kier alpha value is -1.40. The average Bonchev–Trinajstić information content (AvgIpc) is 2.90. The molecule has 0 aliphatic carbocycles. The summed E-state index contributed by atoms with van der Waals surface area (Å²) in [6.45, 7) is 3.16. The lowest BCUT2D eigenvalue weighted by Gasteiger charge is -2.28. The Labute approximate surface area is 141 Å². The fraction of sp³-hybridized carbons (Fsp3) is 0.471. The van der Waals surface area contributed by atoms with Crippen LogP contribution >= 0.6 is 11.6 Å². The van der Waals surface area contributed by atoms with Gasteiger partial charge in [0, 0.05) is 43.8 Å². The van der Waals surface area contributed by atoms with Crippen molar-refractivity contribution in [3.63, 3.8) is 0 Å². The Bertz CT molecular complexity index is 642. The van der Waals surface area contributed by atoms with E-state index in [0.29, 0.717) is 24.8 Å². The summed E-state index contributed by atoms with van der Waals surface area (Å²) in [6, 6.07) is 7.55. The van der Waals surface area contributed by atoms with Crippen LogP contribution < -0.4 is 0 Å². The van der Waals surface area contributed by atoms with Gasteiger partial charge in [0.05, 0.1) is 31.3 Å². The highest BCUT2D eigenvalue weighted by Gasteiger charge is 2.21. The van der Waals surface area contributed by atoms with Gasteiger partial charge < -0.3 is 14.4 Å². The van der Waals surface area contributed by atoms with Crippen molar-refractivity contribution >= 4 is 11.6 Å². The molecule has 3 rings (SSSR count). The second-order valence-electron chi connectivity index (χ2n) is 6.03. The number of benzene rings is 1. The SMILES string of the molecule is Cn1cnc2c1CCN(CC(O)COCc1ccc(Cl)cc1)C2. The highest BCUT2D eigenvalue weighted by atomic mass is 35.5. The van der Waals surface area contributed by atoms with Crippen molar-refractivity contribution < 1.29 is 9.84 Å². The second-order valence-corrected chi connectivity index (χ2v) is 6.47. The number of hydrogen-bond donors (Lipinski definition) is 1. The molecule has 124 valence electrons. The van der Waals surface area contributed by atoms with Crippen LogP contribution in [0.3, 0.4) is 0 Å². The van der Waals surface area contributed by atoms with Gasteiger partial charge in [-0.25, -0.2) is 4.98 Å². The molecule has 1 aromatic heterocycles. The average molecular weight is 336 g/mol. The molecule has 6 heteroatoms. The number of aliphatic hydroxyl groups excluding tert-OH is 1. The zero-order chi connectivity index (χ0) is 16.2. The summed E-state index contributed by atoms with van der Waals surface area (Å²) in [6.07, 6.45) is 2.34. The summed E-state index contributed by atoms with van der Waals surface area (Å²) >= 11 is 5.85. The van der Waals surface area contributed by atoms with Crippen LogP contribution in [0.1, 0.15) is 17.0 Å². The van der Waals surface area contributed by atoms with Crippen molar-refractivity contribution in [3.8, 4) is 0 Å². The van der Waals surface area contributed by atoms with Crippen LogP contribution in [-0.4, -0.2) is 45.4 Å². The number of imidazole rings is 1. The van der Waals surface area contributed by atoms with Crippen molar-refractivity contribution in [1.82, 2.24) is 14.5 Å². The van der Waals surface area contributed by atoms with E-state index in [9.17, 15) is 5.11 Å². The van der Waals surface area contributed by atoms with Crippen LogP contribution in [0.15, 0.2) is 30.6 Å². The smallest absolute Gasteiger partial charge is 0.0949 e. The number of aliphatic hydroxyl groups is 1.